The molecule has 0 heterocycles. The Hall–Kier alpha value is -0.0400. The monoisotopic (exact) mass is 289 g/mol. The van der Waals surface area contributed by atoms with E-state index in [1.807, 2.05) is 0 Å². The normalized spacial score (nSPS) is 42.4. The van der Waals surface area contributed by atoms with E-state index in [0.717, 1.165) is 35.1 Å². The summed E-state index contributed by atoms with van der Waals surface area (Å²) in [6, 6.07) is 0.835. The van der Waals surface area contributed by atoms with E-state index in [-0.39, 0.29) is 0 Å². The molecule has 0 aliphatic heterocycles. The maximum atomic E-state index is 3.93. The molecule has 0 spiro atoms. The Balaban J connectivity index is 1.38. The van der Waals surface area contributed by atoms with Gasteiger partial charge < -0.3 is 5.32 Å². The molecule has 120 valence electrons. The van der Waals surface area contributed by atoms with Crippen LogP contribution in [0.4, 0.5) is 0 Å². The van der Waals surface area contributed by atoms with Crippen molar-refractivity contribution >= 4 is 0 Å². The summed E-state index contributed by atoms with van der Waals surface area (Å²) < 4.78 is 0. The lowest BCUT2D eigenvalue weighted by atomic mass is 9.48. The minimum Gasteiger partial charge on any atom is -0.314 e. The Morgan fingerprint density at radius 1 is 1.00 bits per heavy atom. The van der Waals surface area contributed by atoms with E-state index < -0.39 is 0 Å². The molecule has 5 fully saturated rings. The van der Waals surface area contributed by atoms with E-state index in [9.17, 15) is 0 Å². The Morgan fingerprint density at radius 2 is 1.62 bits per heavy atom. The van der Waals surface area contributed by atoms with E-state index in [4.69, 9.17) is 0 Å². The van der Waals surface area contributed by atoms with Crippen LogP contribution in [-0.2, 0) is 0 Å². The molecule has 4 bridgehead atoms. The predicted octanol–water partition coefficient (Wildman–Crippen LogP) is 5.15. The highest BCUT2D eigenvalue weighted by atomic mass is 14.9. The maximum Gasteiger partial charge on any atom is 0.00724 e. The van der Waals surface area contributed by atoms with Crippen molar-refractivity contribution in [2.24, 2.45) is 29.1 Å². The summed E-state index contributed by atoms with van der Waals surface area (Å²) in [5.41, 5.74) is 0.768. The van der Waals surface area contributed by atoms with Crippen LogP contribution in [0.5, 0.6) is 0 Å². The summed E-state index contributed by atoms with van der Waals surface area (Å²) in [4.78, 5) is 0. The second kappa shape index (κ2) is 5.87. The minimum absolute atomic E-state index is 0.768. The lowest BCUT2D eigenvalue weighted by Crippen LogP contribution is -2.49. The van der Waals surface area contributed by atoms with Gasteiger partial charge in [-0.1, -0.05) is 19.8 Å². The Kier molecular flexibility index (Phi) is 4.07. The van der Waals surface area contributed by atoms with Gasteiger partial charge in [0.1, 0.15) is 0 Å². The fraction of sp³-hybridized carbons (Fsp3) is 1.00. The van der Waals surface area contributed by atoms with Crippen LogP contribution in [0.3, 0.4) is 0 Å². The zero-order chi connectivity index (χ0) is 14.3. The smallest absolute Gasteiger partial charge is 0.00724 e. The van der Waals surface area contributed by atoms with Crippen molar-refractivity contribution in [1.82, 2.24) is 5.32 Å². The fourth-order valence-electron chi connectivity index (χ4n) is 6.53. The van der Waals surface area contributed by atoms with Crippen LogP contribution in [0.25, 0.3) is 0 Å². The molecule has 0 aromatic rings. The summed E-state index contributed by atoms with van der Waals surface area (Å²) in [7, 11) is 0. The standard InChI is InChI=1S/C20H35N/c1-2-7-21-19(6-5-15-3-4-15)14-20-11-16-8-17(12-20)10-18(9-16)13-20/h15-19,21H,2-14H2,1H3. The zero-order valence-electron chi connectivity index (χ0n) is 14.1. The predicted molar refractivity (Wildman–Crippen MR) is 89.3 cm³/mol. The van der Waals surface area contributed by atoms with Gasteiger partial charge in [-0.25, -0.2) is 0 Å². The summed E-state index contributed by atoms with van der Waals surface area (Å²) in [6.07, 6.45) is 18.4. The third-order valence-electron chi connectivity index (χ3n) is 7.15. The molecule has 0 amide bonds. The minimum atomic E-state index is 0.768. The average Bonchev–Trinajstić information content (AvgIpc) is 3.24. The number of hydrogen-bond acceptors (Lipinski definition) is 1. The second-order valence-electron chi connectivity index (χ2n) is 9.29. The van der Waals surface area contributed by atoms with E-state index in [0.29, 0.717) is 0 Å². The lowest BCUT2D eigenvalue weighted by molar-refractivity contribution is -0.0624. The van der Waals surface area contributed by atoms with Crippen LogP contribution in [0.2, 0.25) is 0 Å². The first-order chi connectivity index (χ1) is 10.2. The molecule has 0 aromatic heterocycles. The third kappa shape index (κ3) is 3.33. The molecule has 21 heavy (non-hydrogen) atoms. The third-order valence-corrected chi connectivity index (χ3v) is 7.15. The first kappa shape index (κ1) is 14.5. The second-order valence-corrected chi connectivity index (χ2v) is 9.29. The highest BCUT2D eigenvalue weighted by Gasteiger charge is 2.51. The highest BCUT2D eigenvalue weighted by Crippen LogP contribution is 2.61. The van der Waals surface area contributed by atoms with Gasteiger partial charge >= 0.3 is 0 Å². The summed E-state index contributed by atoms with van der Waals surface area (Å²) in [6.45, 7) is 3.55. The van der Waals surface area contributed by atoms with E-state index >= 15 is 0 Å². The van der Waals surface area contributed by atoms with Gasteiger partial charge in [-0.05, 0) is 99.8 Å². The summed E-state index contributed by atoms with van der Waals surface area (Å²) in [5.74, 6) is 4.46. The van der Waals surface area contributed by atoms with Gasteiger partial charge in [0.2, 0.25) is 0 Å². The number of rotatable bonds is 8. The van der Waals surface area contributed by atoms with Crippen LogP contribution >= 0.6 is 0 Å². The molecule has 5 rings (SSSR count). The van der Waals surface area contributed by atoms with Gasteiger partial charge in [-0.15, -0.1) is 0 Å². The first-order valence-corrected chi connectivity index (χ1v) is 9.98. The van der Waals surface area contributed by atoms with Gasteiger partial charge in [0.25, 0.3) is 0 Å². The molecule has 1 nitrogen and oxygen atoms in total. The fourth-order valence-corrected chi connectivity index (χ4v) is 6.53. The van der Waals surface area contributed by atoms with Crippen molar-refractivity contribution in [1.29, 1.82) is 0 Å². The number of nitrogens with one attached hydrogen (secondary N) is 1. The van der Waals surface area contributed by atoms with Crippen molar-refractivity contribution in [2.75, 3.05) is 6.54 Å². The first-order valence-electron chi connectivity index (χ1n) is 9.98. The molecule has 1 N–H and O–H groups in total. The largest absolute Gasteiger partial charge is 0.314 e. The maximum absolute atomic E-state index is 3.93. The quantitative estimate of drug-likeness (QED) is 0.651. The van der Waals surface area contributed by atoms with Crippen LogP contribution in [0.15, 0.2) is 0 Å². The molecular formula is C20H35N. The van der Waals surface area contributed by atoms with Gasteiger partial charge in [-0.2, -0.15) is 0 Å². The molecule has 1 atom stereocenters. The molecule has 5 aliphatic rings. The SMILES string of the molecule is CCCNC(CCC1CC1)CC12CC3CC(CC(C3)C1)C2. The number of hydrogen-bond donors (Lipinski definition) is 1. The van der Waals surface area contributed by atoms with Crippen LogP contribution in [0, 0.1) is 29.1 Å². The van der Waals surface area contributed by atoms with E-state index in [1.54, 1.807) is 38.5 Å². The van der Waals surface area contributed by atoms with Gasteiger partial charge in [0.05, 0.1) is 0 Å². The topological polar surface area (TPSA) is 12.0 Å². The Labute approximate surface area is 131 Å². The van der Waals surface area contributed by atoms with E-state index in [1.165, 1.54) is 45.1 Å². The van der Waals surface area contributed by atoms with Crippen molar-refractivity contribution in [3.63, 3.8) is 0 Å². The molecule has 5 saturated carbocycles. The van der Waals surface area contributed by atoms with Crippen LogP contribution < -0.4 is 5.32 Å². The van der Waals surface area contributed by atoms with Crippen molar-refractivity contribution < 1.29 is 0 Å². The molecule has 1 unspecified atom stereocenters. The zero-order valence-corrected chi connectivity index (χ0v) is 14.1. The van der Waals surface area contributed by atoms with Crippen LogP contribution in [0.1, 0.15) is 84.0 Å². The van der Waals surface area contributed by atoms with Crippen molar-refractivity contribution in [2.45, 2.75) is 90.0 Å². The molecule has 1 heteroatoms. The molecule has 5 aliphatic carbocycles. The Morgan fingerprint density at radius 3 is 2.14 bits per heavy atom. The van der Waals surface area contributed by atoms with Crippen molar-refractivity contribution in [3.05, 3.63) is 0 Å². The Bertz CT molecular complexity index is 322. The highest BCUT2D eigenvalue weighted by molar-refractivity contribution is 5.02. The van der Waals surface area contributed by atoms with Gasteiger partial charge in [0.15, 0.2) is 0 Å². The van der Waals surface area contributed by atoms with Gasteiger partial charge in [0, 0.05) is 6.04 Å². The van der Waals surface area contributed by atoms with Gasteiger partial charge in [-0.3, -0.25) is 0 Å². The average molecular weight is 290 g/mol. The summed E-state index contributed by atoms with van der Waals surface area (Å²) in [5, 5.41) is 3.93. The molecule has 0 saturated heterocycles. The molecule has 0 radical (unpaired) electrons. The molecular weight excluding hydrogens is 254 g/mol. The van der Waals surface area contributed by atoms with Crippen LogP contribution in [-0.4, -0.2) is 12.6 Å². The molecule has 0 aromatic carbocycles. The van der Waals surface area contributed by atoms with E-state index in [2.05, 4.69) is 12.2 Å². The lowest BCUT2D eigenvalue weighted by Gasteiger charge is -2.57. The van der Waals surface area contributed by atoms with Crippen molar-refractivity contribution in [3.8, 4) is 0 Å². The summed E-state index contributed by atoms with van der Waals surface area (Å²) >= 11 is 0.